The molecule has 0 spiro atoms. The second kappa shape index (κ2) is 5.24. The normalized spacial score (nSPS) is 20.8. The van der Waals surface area contributed by atoms with Crippen LogP contribution in [-0.4, -0.2) is 52.8 Å². The fourth-order valence-electron chi connectivity index (χ4n) is 2.19. The number of fused-ring (bicyclic) bond motifs is 1. The molecule has 1 saturated heterocycles. The highest BCUT2D eigenvalue weighted by molar-refractivity contribution is 7.99. The number of benzene rings is 1. The van der Waals surface area contributed by atoms with Crippen molar-refractivity contribution in [2.75, 3.05) is 24.8 Å². The number of thioether (sulfide) groups is 1. The molecule has 0 radical (unpaired) electrons. The number of carboxylic acids is 1. The quantitative estimate of drug-likeness (QED) is 0.879. The Kier molecular flexibility index (Phi) is 3.43. The third-order valence-corrected chi connectivity index (χ3v) is 4.23. The SMILES string of the molecule is O=C(O)[C@@H]1CSCN1C(=O)c1ccc2c(c1)OCCO2. The Labute approximate surface area is 119 Å². The fraction of sp³-hybridized carbons (Fsp3) is 0.385. The summed E-state index contributed by atoms with van der Waals surface area (Å²) < 4.78 is 10.8. The Balaban J connectivity index is 1.85. The summed E-state index contributed by atoms with van der Waals surface area (Å²) in [6, 6.07) is 4.16. The van der Waals surface area contributed by atoms with Crippen LogP contribution >= 0.6 is 11.8 Å². The fourth-order valence-corrected chi connectivity index (χ4v) is 3.33. The van der Waals surface area contributed by atoms with Crippen molar-refractivity contribution >= 4 is 23.6 Å². The average molecular weight is 295 g/mol. The van der Waals surface area contributed by atoms with Crippen LogP contribution in [0.15, 0.2) is 18.2 Å². The molecule has 0 saturated carbocycles. The van der Waals surface area contributed by atoms with Gasteiger partial charge in [-0.25, -0.2) is 4.79 Å². The van der Waals surface area contributed by atoms with Gasteiger partial charge in [0.15, 0.2) is 11.5 Å². The maximum absolute atomic E-state index is 12.4. The minimum atomic E-state index is -0.971. The van der Waals surface area contributed by atoms with Gasteiger partial charge >= 0.3 is 5.97 Å². The second-order valence-electron chi connectivity index (χ2n) is 4.49. The number of aliphatic carboxylic acids is 1. The smallest absolute Gasteiger partial charge is 0.327 e. The van der Waals surface area contributed by atoms with E-state index in [1.165, 1.54) is 16.7 Å². The topological polar surface area (TPSA) is 76.1 Å². The third kappa shape index (κ3) is 2.29. The van der Waals surface area contributed by atoms with E-state index in [-0.39, 0.29) is 5.91 Å². The Morgan fingerprint density at radius 3 is 2.75 bits per heavy atom. The number of ether oxygens (including phenoxy) is 2. The molecule has 2 aliphatic rings. The summed E-state index contributed by atoms with van der Waals surface area (Å²) in [5.74, 6) is 0.690. The number of hydrogen-bond acceptors (Lipinski definition) is 5. The summed E-state index contributed by atoms with van der Waals surface area (Å²) in [6.45, 7) is 0.937. The first-order chi connectivity index (χ1) is 9.66. The van der Waals surface area contributed by atoms with E-state index in [4.69, 9.17) is 14.6 Å². The van der Waals surface area contributed by atoms with Crippen LogP contribution in [0, 0.1) is 0 Å². The molecular formula is C13H13NO5S. The molecule has 7 heteroatoms. The van der Waals surface area contributed by atoms with Crippen molar-refractivity contribution in [2.45, 2.75) is 6.04 Å². The number of nitrogens with zero attached hydrogens (tertiary/aromatic N) is 1. The van der Waals surface area contributed by atoms with Crippen molar-refractivity contribution in [3.05, 3.63) is 23.8 Å². The van der Waals surface area contributed by atoms with Gasteiger partial charge in [0, 0.05) is 11.3 Å². The van der Waals surface area contributed by atoms with Crippen LogP contribution in [0.5, 0.6) is 11.5 Å². The number of hydrogen-bond donors (Lipinski definition) is 1. The molecule has 1 aromatic carbocycles. The van der Waals surface area contributed by atoms with Crippen LogP contribution in [0.1, 0.15) is 10.4 Å². The average Bonchev–Trinajstić information content (AvgIpc) is 2.95. The molecule has 1 amide bonds. The summed E-state index contributed by atoms with van der Waals surface area (Å²) in [4.78, 5) is 24.9. The molecule has 20 heavy (non-hydrogen) atoms. The van der Waals surface area contributed by atoms with Gasteiger partial charge in [-0.15, -0.1) is 11.8 Å². The van der Waals surface area contributed by atoms with E-state index in [2.05, 4.69) is 0 Å². The molecule has 1 fully saturated rings. The van der Waals surface area contributed by atoms with Crippen molar-refractivity contribution < 1.29 is 24.2 Å². The van der Waals surface area contributed by atoms with Gasteiger partial charge in [0.2, 0.25) is 0 Å². The molecule has 0 unspecified atom stereocenters. The molecule has 1 aromatic rings. The maximum atomic E-state index is 12.4. The zero-order chi connectivity index (χ0) is 14.1. The van der Waals surface area contributed by atoms with Gasteiger partial charge in [0.25, 0.3) is 5.91 Å². The van der Waals surface area contributed by atoms with Crippen molar-refractivity contribution in [3.8, 4) is 11.5 Å². The van der Waals surface area contributed by atoms with E-state index in [9.17, 15) is 9.59 Å². The van der Waals surface area contributed by atoms with Gasteiger partial charge < -0.3 is 19.5 Å². The first-order valence-corrected chi connectivity index (χ1v) is 7.33. The monoisotopic (exact) mass is 295 g/mol. The molecule has 106 valence electrons. The van der Waals surface area contributed by atoms with Crippen LogP contribution in [0.25, 0.3) is 0 Å². The van der Waals surface area contributed by atoms with Crippen LogP contribution in [0.4, 0.5) is 0 Å². The molecule has 0 bridgehead atoms. The Morgan fingerprint density at radius 1 is 1.25 bits per heavy atom. The lowest BCUT2D eigenvalue weighted by Gasteiger charge is -2.22. The van der Waals surface area contributed by atoms with Gasteiger partial charge in [-0.3, -0.25) is 4.79 Å². The lowest BCUT2D eigenvalue weighted by Crippen LogP contribution is -2.41. The van der Waals surface area contributed by atoms with Crippen LogP contribution in [0.3, 0.4) is 0 Å². The molecule has 1 atom stereocenters. The number of carbonyl (C=O) groups excluding carboxylic acids is 1. The summed E-state index contributed by atoms with van der Waals surface area (Å²) in [5.41, 5.74) is 0.419. The number of rotatable bonds is 2. The summed E-state index contributed by atoms with van der Waals surface area (Å²) >= 11 is 1.44. The lowest BCUT2D eigenvalue weighted by molar-refractivity contribution is -0.140. The van der Waals surface area contributed by atoms with E-state index in [0.717, 1.165) is 0 Å². The first-order valence-electron chi connectivity index (χ1n) is 6.18. The largest absolute Gasteiger partial charge is 0.486 e. The number of carboxylic acid groups (broad SMARTS) is 1. The minimum Gasteiger partial charge on any atom is -0.486 e. The van der Waals surface area contributed by atoms with E-state index < -0.39 is 12.0 Å². The van der Waals surface area contributed by atoms with Crippen LogP contribution in [0.2, 0.25) is 0 Å². The highest BCUT2D eigenvalue weighted by Crippen LogP contribution is 2.32. The molecule has 2 aliphatic heterocycles. The predicted octanol–water partition coefficient (Wildman–Crippen LogP) is 1.06. The highest BCUT2D eigenvalue weighted by atomic mass is 32.2. The van der Waals surface area contributed by atoms with Crippen molar-refractivity contribution in [1.29, 1.82) is 0 Å². The van der Waals surface area contributed by atoms with Crippen LogP contribution < -0.4 is 9.47 Å². The van der Waals surface area contributed by atoms with Crippen molar-refractivity contribution in [2.24, 2.45) is 0 Å². The van der Waals surface area contributed by atoms with Crippen molar-refractivity contribution in [1.82, 2.24) is 4.90 Å². The van der Waals surface area contributed by atoms with Gasteiger partial charge in [-0.05, 0) is 18.2 Å². The van der Waals surface area contributed by atoms with Gasteiger partial charge in [0.05, 0.1) is 5.88 Å². The van der Waals surface area contributed by atoms with E-state index in [1.54, 1.807) is 18.2 Å². The van der Waals surface area contributed by atoms with E-state index in [1.807, 2.05) is 0 Å². The minimum absolute atomic E-state index is 0.292. The number of carbonyl (C=O) groups is 2. The summed E-state index contributed by atoms with van der Waals surface area (Å²) in [5, 5.41) is 9.12. The standard InChI is InChI=1S/C13H13NO5S/c15-12(14-7-20-6-9(14)13(16)17)8-1-2-10-11(5-8)19-4-3-18-10/h1-2,5,9H,3-4,6-7H2,(H,16,17)/t9-/m0/s1. The molecule has 1 N–H and O–H groups in total. The maximum Gasteiger partial charge on any atom is 0.327 e. The van der Waals surface area contributed by atoms with Gasteiger partial charge in [-0.2, -0.15) is 0 Å². The highest BCUT2D eigenvalue weighted by Gasteiger charge is 2.35. The Hall–Kier alpha value is -1.89. The molecular weight excluding hydrogens is 282 g/mol. The Morgan fingerprint density at radius 2 is 2.00 bits per heavy atom. The molecule has 6 nitrogen and oxygen atoms in total. The zero-order valence-electron chi connectivity index (χ0n) is 10.6. The van der Waals surface area contributed by atoms with Crippen molar-refractivity contribution in [3.63, 3.8) is 0 Å². The molecule has 3 rings (SSSR count). The second-order valence-corrected chi connectivity index (χ2v) is 5.49. The number of amides is 1. The van der Waals surface area contributed by atoms with Crippen LogP contribution in [-0.2, 0) is 4.79 Å². The molecule has 2 heterocycles. The van der Waals surface area contributed by atoms with Gasteiger partial charge in [-0.1, -0.05) is 0 Å². The lowest BCUT2D eigenvalue weighted by atomic mass is 10.1. The summed E-state index contributed by atoms with van der Waals surface area (Å²) in [7, 11) is 0. The Bertz CT molecular complexity index is 562. The van der Waals surface area contributed by atoms with E-state index in [0.29, 0.717) is 41.9 Å². The molecule has 0 aromatic heterocycles. The molecule has 0 aliphatic carbocycles. The third-order valence-electron chi connectivity index (χ3n) is 3.22. The van der Waals surface area contributed by atoms with E-state index >= 15 is 0 Å². The predicted molar refractivity (Wildman–Crippen MR) is 72.4 cm³/mol. The zero-order valence-corrected chi connectivity index (χ0v) is 11.4. The van der Waals surface area contributed by atoms with Gasteiger partial charge in [0.1, 0.15) is 19.3 Å². The summed E-state index contributed by atoms with van der Waals surface area (Å²) in [6.07, 6.45) is 0. The first kappa shape index (κ1) is 13.1.